The summed E-state index contributed by atoms with van der Waals surface area (Å²) in [7, 11) is 0. The highest BCUT2D eigenvalue weighted by Gasteiger charge is 2.11. The molecule has 0 aliphatic heterocycles. The number of hydrogen-bond acceptors (Lipinski definition) is 3. The molecule has 0 aromatic heterocycles. The van der Waals surface area contributed by atoms with Gasteiger partial charge in [0.15, 0.2) is 0 Å². The lowest BCUT2D eigenvalue weighted by molar-refractivity contribution is -0.120. The molecule has 0 bridgehead atoms. The predicted molar refractivity (Wildman–Crippen MR) is 69.9 cm³/mol. The second kappa shape index (κ2) is 12.1. The van der Waals surface area contributed by atoms with Crippen molar-refractivity contribution in [3.05, 3.63) is 0 Å². The number of rotatable bonds is 12. The quantitative estimate of drug-likeness (QED) is 0.519. The van der Waals surface area contributed by atoms with Crippen LogP contribution in [0.4, 0.5) is 0 Å². The van der Waals surface area contributed by atoms with Crippen LogP contribution < -0.4 is 0 Å². The Bertz CT molecular complexity index is 176. The summed E-state index contributed by atoms with van der Waals surface area (Å²) >= 11 is 0. The van der Waals surface area contributed by atoms with Gasteiger partial charge in [-0.25, -0.2) is 0 Å². The summed E-state index contributed by atoms with van der Waals surface area (Å²) in [5.74, 6) is -0.0845. The van der Waals surface area contributed by atoms with Gasteiger partial charge in [0.2, 0.25) is 0 Å². The van der Waals surface area contributed by atoms with E-state index in [1.54, 1.807) is 0 Å². The minimum Gasteiger partial charge on any atom is -0.396 e. The molecule has 0 amide bonds. The molecule has 0 spiro atoms. The Morgan fingerprint density at radius 2 is 1.47 bits per heavy atom. The first-order valence-electron chi connectivity index (χ1n) is 6.98. The number of unbranched alkanes of at least 4 members (excludes halogenated alkanes) is 6. The van der Waals surface area contributed by atoms with Crippen LogP contribution in [0.3, 0.4) is 0 Å². The molecule has 3 nitrogen and oxygen atoms in total. The first-order valence-corrected chi connectivity index (χ1v) is 6.98. The maximum atomic E-state index is 11.5. The van der Waals surface area contributed by atoms with Gasteiger partial charge < -0.3 is 10.2 Å². The van der Waals surface area contributed by atoms with Gasteiger partial charge in [-0.3, -0.25) is 4.79 Å². The van der Waals surface area contributed by atoms with E-state index in [4.69, 9.17) is 10.2 Å². The standard InChI is InChI=1S/C14H28O3/c1-2-3-4-5-6-7-8-9-14(17)10-13(11-15)12-16/h13,15-16H,2-12H2,1H3. The lowest BCUT2D eigenvalue weighted by Gasteiger charge is -2.09. The molecule has 0 unspecified atom stereocenters. The largest absolute Gasteiger partial charge is 0.396 e. The van der Waals surface area contributed by atoms with E-state index in [1.807, 2.05) is 0 Å². The zero-order valence-electron chi connectivity index (χ0n) is 11.2. The second-order valence-corrected chi connectivity index (χ2v) is 4.85. The summed E-state index contributed by atoms with van der Waals surface area (Å²) in [4.78, 5) is 11.5. The van der Waals surface area contributed by atoms with E-state index >= 15 is 0 Å². The topological polar surface area (TPSA) is 57.5 Å². The lowest BCUT2D eigenvalue weighted by atomic mass is 10.00. The molecule has 0 aromatic rings. The maximum Gasteiger partial charge on any atom is 0.133 e. The molecule has 0 fully saturated rings. The molecule has 0 aliphatic carbocycles. The molecule has 0 rings (SSSR count). The van der Waals surface area contributed by atoms with Gasteiger partial charge in [-0.1, -0.05) is 45.4 Å². The maximum absolute atomic E-state index is 11.5. The van der Waals surface area contributed by atoms with Crippen molar-refractivity contribution in [3.63, 3.8) is 0 Å². The normalized spacial score (nSPS) is 11.1. The lowest BCUT2D eigenvalue weighted by Crippen LogP contribution is -2.15. The predicted octanol–water partition coefficient (Wildman–Crippen LogP) is 2.69. The number of aliphatic hydroxyl groups is 2. The molecule has 2 N–H and O–H groups in total. The highest BCUT2D eigenvalue weighted by atomic mass is 16.3. The second-order valence-electron chi connectivity index (χ2n) is 4.85. The zero-order chi connectivity index (χ0) is 12.9. The third kappa shape index (κ3) is 10.5. The Kier molecular flexibility index (Phi) is 11.8. The molecule has 0 heterocycles. The van der Waals surface area contributed by atoms with Gasteiger partial charge >= 0.3 is 0 Å². The molecule has 0 saturated carbocycles. The summed E-state index contributed by atoms with van der Waals surface area (Å²) in [6.07, 6.45) is 9.38. The van der Waals surface area contributed by atoms with Crippen LogP contribution in [0.15, 0.2) is 0 Å². The van der Waals surface area contributed by atoms with E-state index in [9.17, 15) is 4.79 Å². The van der Waals surface area contributed by atoms with Crippen LogP contribution in [0, 0.1) is 5.92 Å². The van der Waals surface area contributed by atoms with Crippen molar-refractivity contribution in [2.45, 2.75) is 64.7 Å². The number of carbonyl (C=O) groups is 1. The third-order valence-electron chi connectivity index (χ3n) is 3.09. The fourth-order valence-corrected chi connectivity index (χ4v) is 1.89. The average molecular weight is 244 g/mol. The smallest absolute Gasteiger partial charge is 0.133 e. The minimum atomic E-state index is -0.257. The van der Waals surface area contributed by atoms with E-state index in [2.05, 4.69) is 6.92 Å². The van der Waals surface area contributed by atoms with E-state index < -0.39 is 0 Å². The molecule has 0 saturated heterocycles. The first kappa shape index (κ1) is 16.6. The Labute approximate surface area is 105 Å². The van der Waals surface area contributed by atoms with E-state index in [0.29, 0.717) is 12.8 Å². The Morgan fingerprint density at radius 1 is 0.941 bits per heavy atom. The van der Waals surface area contributed by atoms with Crippen molar-refractivity contribution in [2.75, 3.05) is 13.2 Å². The van der Waals surface area contributed by atoms with Crippen LogP contribution >= 0.6 is 0 Å². The van der Waals surface area contributed by atoms with Gasteiger partial charge in [-0.2, -0.15) is 0 Å². The molecule has 0 aromatic carbocycles. The minimum absolute atomic E-state index is 0.0980. The number of carbonyl (C=O) groups excluding carboxylic acids is 1. The Balaban J connectivity index is 3.33. The van der Waals surface area contributed by atoms with Crippen LogP contribution in [0.1, 0.15) is 64.7 Å². The fourth-order valence-electron chi connectivity index (χ4n) is 1.89. The summed E-state index contributed by atoms with van der Waals surface area (Å²) in [5.41, 5.74) is 0. The molecule has 0 aliphatic rings. The van der Waals surface area contributed by atoms with Crippen LogP contribution in [0.5, 0.6) is 0 Å². The van der Waals surface area contributed by atoms with Crippen molar-refractivity contribution in [3.8, 4) is 0 Å². The van der Waals surface area contributed by atoms with Crippen LogP contribution in [0.2, 0.25) is 0 Å². The molecule has 0 atom stereocenters. The van der Waals surface area contributed by atoms with Gasteiger partial charge in [0.05, 0.1) is 0 Å². The summed E-state index contributed by atoms with van der Waals surface area (Å²) < 4.78 is 0. The number of hydrogen-bond donors (Lipinski definition) is 2. The first-order chi connectivity index (χ1) is 8.24. The van der Waals surface area contributed by atoms with Crippen LogP contribution in [0.25, 0.3) is 0 Å². The fraction of sp³-hybridized carbons (Fsp3) is 0.929. The summed E-state index contributed by atoms with van der Waals surface area (Å²) in [6.45, 7) is 2.01. The zero-order valence-corrected chi connectivity index (χ0v) is 11.2. The van der Waals surface area contributed by atoms with Gasteiger partial charge in [-0.15, -0.1) is 0 Å². The van der Waals surface area contributed by atoms with Crippen molar-refractivity contribution < 1.29 is 15.0 Å². The number of ketones is 1. The van der Waals surface area contributed by atoms with Gasteiger partial charge in [-0.05, 0) is 6.42 Å². The highest BCUT2D eigenvalue weighted by Crippen LogP contribution is 2.11. The number of aliphatic hydroxyl groups excluding tert-OH is 2. The molecule has 17 heavy (non-hydrogen) atoms. The van der Waals surface area contributed by atoms with Gasteiger partial charge in [0.1, 0.15) is 5.78 Å². The van der Waals surface area contributed by atoms with Crippen molar-refractivity contribution >= 4 is 5.78 Å². The van der Waals surface area contributed by atoms with Crippen LogP contribution in [-0.4, -0.2) is 29.2 Å². The molecular formula is C14H28O3. The van der Waals surface area contributed by atoms with E-state index in [0.717, 1.165) is 12.8 Å². The van der Waals surface area contributed by atoms with E-state index in [-0.39, 0.29) is 24.9 Å². The van der Waals surface area contributed by atoms with Crippen molar-refractivity contribution in [1.82, 2.24) is 0 Å². The highest BCUT2D eigenvalue weighted by molar-refractivity contribution is 5.78. The molecule has 0 radical (unpaired) electrons. The van der Waals surface area contributed by atoms with E-state index in [1.165, 1.54) is 32.1 Å². The number of Topliss-reactive ketones (excluding diaryl/α,β-unsaturated/α-hetero) is 1. The third-order valence-corrected chi connectivity index (χ3v) is 3.09. The van der Waals surface area contributed by atoms with Gasteiger partial charge in [0.25, 0.3) is 0 Å². The van der Waals surface area contributed by atoms with Gasteiger partial charge in [0, 0.05) is 32.0 Å². The summed E-state index contributed by atoms with van der Waals surface area (Å²) in [5, 5.41) is 17.7. The SMILES string of the molecule is CCCCCCCCCC(=O)CC(CO)CO. The molecular weight excluding hydrogens is 216 g/mol. The van der Waals surface area contributed by atoms with Crippen molar-refractivity contribution in [1.29, 1.82) is 0 Å². The Morgan fingerprint density at radius 3 is 2.00 bits per heavy atom. The average Bonchev–Trinajstić information content (AvgIpc) is 2.34. The monoisotopic (exact) mass is 244 g/mol. The Hall–Kier alpha value is -0.410. The summed E-state index contributed by atoms with van der Waals surface area (Å²) in [6, 6.07) is 0. The van der Waals surface area contributed by atoms with Crippen molar-refractivity contribution in [2.24, 2.45) is 5.92 Å². The van der Waals surface area contributed by atoms with Crippen LogP contribution in [-0.2, 0) is 4.79 Å². The molecule has 3 heteroatoms. The molecule has 102 valence electrons.